The second-order valence-corrected chi connectivity index (χ2v) is 6.51. The van der Waals surface area contributed by atoms with Gasteiger partial charge in [0.15, 0.2) is 0 Å². The molecule has 0 spiro atoms. The lowest BCUT2D eigenvalue weighted by atomic mass is 9.78. The second kappa shape index (κ2) is 7.33. The smallest absolute Gasteiger partial charge is 0.138 e. The SMILES string of the molecule is COC1(C(Cc2ncnn2CC(C)C)NN)CCCCC1. The van der Waals surface area contributed by atoms with Gasteiger partial charge in [0.2, 0.25) is 0 Å². The average molecular weight is 295 g/mol. The Morgan fingerprint density at radius 1 is 1.38 bits per heavy atom. The standard InChI is InChI=1S/C15H29N5O/c1-12(2)10-20-14(17-11-18-20)9-13(19-16)15(21-3)7-5-4-6-8-15/h11-13,19H,4-10,16H2,1-3H3. The number of nitrogens with two attached hydrogens (primary N) is 1. The van der Waals surface area contributed by atoms with Crippen LogP contribution in [0, 0.1) is 5.92 Å². The number of ether oxygens (including phenoxy) is 1. The van der Waals surface area contributed by atoms with Gasteiger partial charge in [-0.25, -0.2) is 9.67 Å². The summed E-state index contributed by atoms with van der Waals surface area (Å²) in [5, 5.41) is 4.33. The molecule has 1 unspecified atom stereocenters. The maximum Gasteiger partial charge on any atom is 0.138 e. The van der Waals surface area contributed by atoms with E-state index in [1.807, 2.05) is 4.68 Å². The maximum absolute atomic E-state index is 5.90. The van der Waals surface area contributed by atoms with Crippen LogP contribution < -0.4 is 11.3 Å². The van der Waals surface area contributed by atoms with E-state index in [9.17, 15) is 0 Å². The highest BCUT2D eigenvalue weighted by molar-refractivity contribution is 5.01. The Morgan fingerprint density at radius 2 is 2.10 bits per heavy atom. The normalized spacial score (nSPS) is 19.9. The first-order valence-electron chi connectivity index (χ1n) is 7.99. The van der Waals surface area contributed by atoms with Gasteiger partial charge in [-0.05, 0) is 18.8 Å². The number of nitrogens with one attached hydrogen (secondary N) is 1. The first-order chi connectivity index (χ1) is 10.1. The summed E-state index contributed by atoms with van der Waals surface area (Å²) >= 11 is 0. The van der Waals surface area contributed by atoms with Crippen LogP contribution in [0.2, 0.25) is 0 Å². The van der Waals surface area contributed by atoms with Crippen molar-refractivity contribution in [2.45, 2.75) is 70.6 Å². The lowest BCUT2D eigenvalue weighted by Crippen LogP contribution is -2.56. The molecule has 2 rings (SSSR count). The van der Waals surface area contributed by atoms with Crippen LogP contribution in [0.5, 0.6) is 0 Å². The third-order valence-corrected chi connectivity index (χ3v) is 4.56. The third kappa shape index (κ3) is 3.81. The zero-order valence-electron chi connectivity index (χ0n) is 13.5. The molecule has 0 aliphatic heterocycles. The molecule has 0 bridgehead atoms. The van der Waals surface area contributed by atoms with Crippen molar-refractivity contribution >= 4 is 0 Å². The van der Waals surface area contributed by atoms with Crippen molar-refractivity contribution in [1.82, 2.24) is 20.2 Å². The van der Waals surface area contributed by atoms with Crippen molar-refractivity contribution in [3.63, 3.8) is 0 Å². The van der Waals surface area contributed by atoms with Gasteiger partial charge in [0.25, 0.3) is 0 Å². The van der Waals surface area contributed by atoms with Crippen LogP contribution in [0.3, 0.4) is 0 Å². The fraction of sp³-hybridized carbons (Fsp3) is 0.867. The molecule has 1 aromatic heterocycles. The Hall–Kier alpha value is -0.980. The van der Waals surface area contributed by atoms with E-state index in [0.29, 0.717) is 5.92 Å². The monoisotopic (exact) mass is 295 g/mol. The van der Waals surface area contributed by atoms with Gasteiger partial charge in [-0.15, -0.1) is 0 Å². The second-order valence-electron chi connectivity index (χ2n) is 6.51. The van der Waals surface area contributed by atoms with Gasteiger partial charge in [-0.2, -0.15) is 5.10 Å². The van der Waals surface area contributed by atoms with Crippen LogP contribution in [0.4, 0.5) is 0 Å². The predicted octanol–water partition coefficient (Wildman–Crippen LogP) is 1.66. The third-order valence-electron chi connectivity index (χ3n) is 4.56. The zero-order valence-corrected chi connectivity index (χ0v) is 13.5. The van der Waals surface area contributed by atoms with Gasteiger partial charge >= 0.3 is 0 Å². The molecule has 6 heteroatoms. The fourth-order valence-corrected chi connectivity index (χ4v) is 3.37. The summed E-state index contributed by atoms with van der Waals surface area (Å²) in [6.45, 7) is 5.25. The van der Waals surface area contributed by atoms with E-state index in [1.54, 1.807) is 13.4 Å². The number of hydrogen-bond donors (Lipinski definition) is 2. The molecule has 1 atom stereocenters. The van der Waals surface area contributed by atoms with E-state index >= 15 is 0 Å². The summed E-state index contributed by atoms with van der Waals surface area (Å²) in [5.74, 6) is 7.37. The van der Waals surface area contributed by atoms with Gasteiger partial charge < -0.3 is 4.74 Å². The molecular formula is C15H29N5O. The zero-order chi connectivity index (χ0) is 15.3. The van der Waals surface area contributed by atoms with Crippen molar-refractivity contribution in [2.24, 2.45) is 11.8 Å². The topological polar surface area (TPSA) is 78.0 Å². The molecule has 1 aromatic rings. The quantitative estimate of drug-likeness (QED) is 0.591. The molecule has 1 fully saturated rings. The molecule has 1 saturated carbocycles. The lowest BCUT2D eigenvalue weighted by Gasteiger charge is -2.42. The molecule has 21 heavy (non-hydrogen) atoms. The van der Waals surface area contributed by atoms with Gasteiger partial charge in [-0.1, -0.05) is 33.1 Å². The summed E-state index contributed by atoms with van der Waals surface area (Å²) in [6.07, 6.45) is 8.16. The van der Waals surface area contributed by atoms with Crippen molar-refractivity contribution in [3.05, 3.63) is 12.2 Å². The molecule has 1 aliphatic rings. The molecule has 0 aromatic carbocycles. The van der Waals surface area contributed by atoms with E-state index < -0.39 is 0 Å². The lowest BCUT2D eigenvalue weighted by molar-refractivity contribution is -0.0679. The van der Waals surface area contributed by atoms with Crippen molar-refractivity contribution in [1.29, 1.82) is 0 Å². The Labute approximate surface area is 127 Å². The van der Waals surface area contributed by atoms with Gasteiger partial charge in [-0.3, -0.25) is 11.3 Å². The molecule has 120 valence electrons. The summed E-state index contributed by atoms with van der Waals surface area (Å²) < 4.78 is 7.89. The van der Waals surface area contributed by atoms with E-state index in [4.69, 9.17) is 10.6 Å². The number of hydrazine groups is 1. The highest BCUT2D eigenvalue weighted by Crippen LogP contribution is 2.34. The number of methoxy groups -OCH3 is 1. The predicted molar refractivity (Wildman–Crippen MR) is 82.5 cm³/mol. The van der Waals surface area contributed by atoms with E-state index in [2.05, 4.69) is 29.4 Å². The summed E-state index contributed by atoms with van der Waals surface area (Å²) in [5.41, 5.74) is 2.80. The number of rotatable bonds is 7. The molecule has 1 aliphatic carbocycles. The minimum Gasteiger partial charge on any atom is -0.377 e. The summed E-state index contributed by atoms with van der Waals surface area (Å²) in [7, 11) is 1.80. The van der Waals surface area contributed by atoms with Crippen LogP contribution in [0.15, 0.2) is 6.33 Å². The number of aromatic nitrogens is 3. The van der Waals surface area contributed by atoms with E-state index in [-0.39, 0.29) is 11.6 Å². The molecule has 6 nitrogen and oxygen atoms in total. The molecular weight excluding hydrogens is 266 g/mol. The molecule has 3 N–H and O–H groups in total. The van der Waals surface area contributed by atoms with E-state index in [0.717, 1.165) is 31.6 Å². The number of nitrogens with zero attached hydrogens (tertiary/aromatic N) is 3. The van der Waals surface area contributed by atoms with E-state index in [1.165, 1.54) is 19.3 Å². The van der Waals surface area contributed by atoms with Gasteiger partial charge in [0, 0.05) is 20.1 Å². The largest absolute Gasteiger partial charge is 0.377 e. The Morgan fingerprint density at radius 3 is 2.67 bits per heavy atom. The molecule has 1 heterocycles. The minimum atomic E-state index is -0.179. The van der Waals surface area contributed by atoms with Crippen molar-refractivity contribution < 1.29 is 4.74 Å². The highest BCUT2D eigenvalue weighted by atomic mass is 16.5. The maximum atomic E-state index is 5.90. The first-order valence-corrected chi connectivity index (χ1v) is 7.99. The van der Waals surface area contributed by atoms with Crippen LogP contribution in [-0.2, 0) is 17.7 Å². The fourth-order valence-electron chi connectivity index (χ4n) is 3.37. The van der Waals surface area contributed by atoms with Crippen LogP contribution in [-0.4, -0.2) is 33.5 Å². The first kappa shape index (κ1) is 16.4. The summed E-state index contributed by atoms with van der Waals surface area (Å²) in [6, 6.07) is 0.0675. The Kier molecular flexibility index (Phi) is 5.72. The number of hydrogen-bond acceptors (Lipinski definition) is 5. The molecule has 0 radical (unpaired) electrons. The van der Waals surface area contributed by atoms with Gasteiger partial charge in [0.1, 0.15) is 12.2 Å². The average Bonchev–Trinajstić information content (AvgIpc) is 2.91. The van der Waals surface area contributed by atoms with Gasteiger partial charge in [0.05, 0.1) is 11.6 Å². The Balaban J connectivity index is 2.13. The van der Waals surface area contributed by atoms with Crippen LogP contribution in [0.25, 0.3) is 0 Å². The molecule has 0 saturated heterocycles. The molecule has 0 amide bonds. The summed E-state index contributed by atoms with van der Waals surface area (Å²) in [4.78, 5) is 4.42. The Bertz CT molecular complexity index is 425. The highest BCUT2D eigenvalue weighted by Gasteiger charge is 2.40. The van der Waals surface area contributed by atoms with Crippen LogP contribution >= 0.6 is 0 Å². The van der Waals surface area contributed by atoms with Crippen LogP contribution in [0.1, 0.15) is 51.8 Å². The van der Waals surface area contributed by atoms with Crippen molar-refractivity contribution in [3.8, 4) is 0 Å². The minimum absolute atomic E-state index is 0.0675. The van der Waals surface area contributed by atoms with Crippen molar-refractivity contribution in [2.75, 3.05) is 7.11 Å².